The molecule has 2 atom stereocenters. The molecule has 20 heavy (non-hydrogen) atoms. The lowest BCUT2D eigenvalue weighted by Crippen LogP contribution is -2.32. The van der Waals surface area contributed by atoms with Gasteiger partial charge in [0.1, 0.15) is 0 Å². The van der Waals surface area contributed by atoms with Crippen LogP contribution in [0, 0.1) is 12.8 Å². The van der Waals surface area contributed by atoms with Gasteiger partial charge in [0.25, 0.3) is 0 Å². The molecule has 1 aliphatic heterocycles. The number of carbonyl (C=O) groups is 1. The second kappa shape index (κ2) is 6.63. The normalized spacial score (nSPS) is 22.2. The Morgan fingerprint density at radius 2 is 1.85 bits per heavy atom. The van der Waals surface area contributed by atoms with Crippen LogP contribution >= 0.6 is 13.5 Å². The maximum absolute atomic E-state index is 12.5. The summed E-state index contributed by atoms with van der Waals surface area (Å²) in [5, 5.41) is -1.05. The molecule has 0 aliphatic carbocycles. The van der Waals surface area contributed by atoms with E-state index in [0.717, 1.165) is 12.0 Å². The van der Waals surface area contributed by atoms with Gasteiger partial charge >= 0.3 is 5.97 Å². The highest BCUT2D eigenvalue weighted by Gasteiger charge is 2.46. The molecule has 4 nitrogen and oxygen atoms in total. The average molecular weight is 316 g/mol. The lowest BCUT2D eigenvalue weighted by Gasteiger charge is -2.15. The molecule has 6 heteroatoms. The molecule has 0 saturated carbocycles. The van der Waals surface area contributed by atoms with Crippen molar-refractivity contribution in [3.05, 3.63) is 29.8 Å². The van der Waals surface area contributed by atoms with Crippen LogP contribution in [0.5, 0.6) is 0 Å². The van der Waals surface area contributed by atoms with Gasteiger partial charge in [0, 0.05) is 5.92 Å². The van der Waals surface area contributed by atoms with Gasteiger partial charge in [-0.25, -0.2) is 8.42 Å². The fourth-order valence-electron chi connectivity index (χ4n) is 2.41. The van der Waals surface area contributed by atoms with E-state index in [-0.39, 0.29) is 30.9 Å². The van der Waals surface area contributed by atoms with Crippen molar-refractivity contribution in [1.82, 2.24) is 0 Å². The van der Waals surface area contributed by atoms with Crippen molar-refractivity contribution in [1.29, 1.82) is 0 Å². The lowest BCUT2D eigenvalue weighted by atomic mass is 10.0. The van der Waals surface area contributed by atoms with Gasteiger partial charge in [0.05, 0.1) is 11.5 Å². The number of esters is 1. The minimum absolute atomic E-state index is 0. The first kappa shape index (κ1) is 17.0. The second-order valence-corrected chi connectivity index (χ2v) is 7.03. The van der Waals surface area contributed by atoms with Crippen LogP contribution in [0.2, 0.25) is 0 Å². The minimum Gasteiger partial charge on any atom is -0.464 e. The lowest BCUT2D eigenvalue weighted by molar-refractivity contribution is -0.137. The SMILES string of the molecule is CCC[C@H]1COC(=O)C1S(=O)(=O)c1ccc(C)cc1.S. The molecule has 0 radical (unpaired) electrons. The fourth-order valence-corrected chi connectivity index (χ4v) is 4.26. The summed E-state index contributed by atoms with van der Waals surface area (Å²) in [6.45, 7) is 4.07. The Morgan fingerprint density at radius 3 is 2.40 bits per heavy atom. The first-order chi connectivity index (χ1) is 8.96. The smallest absolute Gasteiger partial charge is 0.325 e. The minimum atomic E-state index is -3.65. The van der Waals surface area contributed by atoms with Crippen molar-refractivity contribution in [3.63, 3.8) is 0 Å². The largest absolute Gasteiger partial charge is 0.464 e. The number of benzene rings is 1. The number of ether oxygens (including phenoxy) is 1. The quantitative estimate of drug-likeness (QED) is 0.799. The second-order valence-electron chi connectivity index (χ2n) is 4.96. The van der Waals surface area contributed by atoms with E-state index in [1.165, 1.54) is 0 Å². The van der Waals surface area contributed by atoms with Gasteiger partial charge < -0.3 is 4.74 Å². The van der Waals surface area contributed by atoms with E-state index >= 15 is 0 Å². The number of cyclic esters (lactones) is 1. The fraction of sp³-hybridized carbons (Fsp3) is 0.500. The van der Waals surface area contributed by atoms with Gasteiger partial charge in [0.15, 0.2) is 15.1 Å². The van der Waals surface area contributed by atoms with E-state index in [2.05, 4.69) is 0 Å². The summed E-state index contributed by atoms with van der Waals surface area (Å²) in [5.74, 6) is -0.845. The van der Waals surface area contributed by atoms with E-state index in [1.54, 1.807) is 24.3 Å². The van der Waals surface area contributed by atoms with Crippen molar-refractivity contribution in [3.8, 4) is 0 Å². The zero-order valence-corrected chi connectivity index (χ0v) is 13.4. The van der Waals surface area contributed by atoms with Crippen LogP contribution < -0.4 is 0 Å². The van der Waals surface area contributed by atoms with Gasteiger partial charge in [-0.3, -0.25) is 4.79 Å². The Labute approximate surface area is 126 Å². The van der Waals surface area contributed by atoms with Gasteiger partial charge in [-0.05, 0) is 25.5 Å². The van der Waals surface area contributed by atoms with Crippen molar-refractivity contribution in [2.24, 2.45) is 5.92 Å². The van der Waals surface area contributed by atoms with E-state index in [0.29, 0.717) is 6.42 Å². The Morgan fingerprint density at radius 1 is 1.25 bits per heavy atom. The molecule has 0 amide bonds. The highest BCUT2D eigenvalue weighted by Crippen LogP contribution is 2.30. The van der Waals surface area contributed by atoms with E-state index in [9.17, 15) is 13.2 Å². The topological polar surface area (TPSA) is 60.4 Å². The van der Waals surface area contributed by atoms with Crippen molar-refractivity contribution in [2.45, 2.75) is 36.8 Å². The van der Waals surface area contributed by atoms with Crippen LogP contribution in [0.1, 0.15) is 25.3 Å². The number of rotatable bonds is 4. The van der Waals surface area contributed by atoms with Crippen LogP contribution in [0.4, 0.5) is 0 Å². The zero-order chi connectivity index (χ0) is 14.0. The maximum Gasteiger partial charge on any atom is 0.325 e. The monoisotopic (exact) mass is 316 g/mol. The highest BCUT2D eigenvalue weighted by atomic mass is 32.2. The molecule has 1 aliphatic rings. The summed E-state index contributed by atoms with van der Waals surface area (Å²) in [4.78, 5) is 11.9. The molecule has 1 aromatic rings. The third-order valence-electron chi connectivity index (χ3n) is 3.44. The molecular formula is C14H20O4S2. The summed E-state index contributed by atoms with van der Waals surface area (Å²) < 4.78 is 30.0. The molecule has 1 saturated heterocycles. The van der Waals surface area contributed by atoms with E-state index in [4.69, 9.17) is 4.74 Å². The van der Waals surface area contributed by atoms with Crippen molar-refractivity contribution in [2.75, 3.05) is 6.61 Å². The summed E-state index contributed by atoms with van der Waals surface area (Å²) in [7, 11) is -3.65. The highest BCUT2D eigenvalue weighted by molar-refractivity contribution is 7.92. The number of sulfone groups is 1. The van der Waals surface area contributed by atoms with Crippen LogP contribution in [-0.2, 0) is 19.4 Å². The van der Waals surface area contributed by atoms with Crippen LogP contribution in [-0.4, -0.2) is 26.2 Å². The van der Waals surface area contributed by atoms with Gasteiger partial charge in [-0.1, -0.05) is 31.0 Å². The van der Waals surface area contributed by atoms with Gasteiger partial charge in [-0.15, -0.1) is 0 Å². The summed E-state index contributed by atoms with van der Waals surface area (Å²) >= 11 is 0. The zero-order valence-electron chi connectivity index (χ0n) is 11.6. The predicted octanol–water partition coefficient (Wildman–Crippen LogP) is 2.22. The molecule has 1 aromatic carbocycles. The maximum atomic E-state index is 12.5. The molecule has 0 spiro atoms. The average Bonchev–Trinajstić information content (AvgIpc) is 2.72. The molecule has 1 unspecified atom stereocenters. The summed E-state index contributed by atoms with van der Waals surface area (Å²) in [6, 6.07) is 6.59. The molecule has 0 N–H and O–H groups in total. The first-order valence-corrected chi connectivity index (χ1v) is 7.98. The number of hydrogen-bond acceptors (Lipinski definition) is 4. The summed E-state index contributed by atoms with van der Waals surface area (Å²) in [5.41, 5.74) is 0.984. The standard InChI is InChI=1S/C14H18O4S.H2S/c1-3-4-11-9-18-14(15)13(11)19(16,17)12-7-5-10(2)6-8-12;/h5-8,11,13H,3-4,9H2,1-2H3;1H2/t11-,13?;/m0./s1. The molecule has 0 bridgehead atoms. The first-order valence-electron chi connectivity index (χ1n) is 6.44. The molecular weight excluding hydrogens is 296 g/mol. The van der Waals surface area contributed by atoms with Gasteiger partial charge in [0.2, 0.25) is 0 Å². The Bertz CT molecular complexity index is 563. The van der Waals surface area contributed by atoms with E-state index in [1.807, 2.05) is 13.8 Å². The van der Waals surface area contributed by atoms with Crippen molar-refractivity contribution >= 4 is 29.3 Å². The Balaban J connectivity index is 0.00000200. The van der Waals surface area contributed by atoms with Crippen LogP contribution in [0.3, 0.4) is 0 Å². The molecule has 1 heterocycles. The van der Waals surface area contributed by atoms with Gasteiger partial charge in [-0.2, -0.15) is 13.5 Å². The molecule has 0 aromatic heterocycles. The molecule has 112 valence electrons. The van der Waals surface area contributed by atoms with E-state index < -0.39 is 21.1 Å². The van der Waals surface area contributed by atoms with Crippen molar-refractivity contribution < 1.29 is 17.9 Å². The third kappa shape index (κ3) is 3.17. The number of hydrogen-bond donors (Lipinski definition) is 0. The third-order valence-corrected chi connectivity index (χ3v) is 5.62. The Kier molecular flexibility index (Phi) is 5.65. The molecule has 1 fully saturated rings. The number of aryl methyl sites for hydroxylation is 1. The predicted molar refractivity (Wildman–Crippen MR) is 81.9 cm³/mol. The van der Waals surface area contributed by atoms with Crippen LogP contribution in [0.15, 0.2) is 29.2 Å². The molecule has 2 rings (SSSR count). The Hall–Kier alpha value is -1.01. The number of carbonyl (C=O) groups excluding carboxylic acids is 1. The van der Waals surface area contributed by atoms with Crippen LogP contribution in [0.25, 0.3) is 0 Å². The summed E-state index contributed by atoms with van der Waals surface area (Å²) in [6.07, 6.45) is 1.52.